The average molecular weight is 720 g/mol. The van der Waals surface area contributed by atoms with Crippen LogP contribution >= 0.6 is 0 Å². The van der Waals surface area contributed by atoms with Crippen LogP contribution in [0.1, 0.15) is 42.4 Å². The van der Waals surface area contributed by atoms with E-state index < -0.39 is 34.3 Å². The SMILES string of the molecule is Cc1ccc(S(=O)(=O)N(CC(=O)N(Cc2ccccc2F)[C@H](Cc2ccccc2)C(=O)NC2CCCC2)c2ccc(Oc3ccccc3)cc2)cc1. The molecule has 10 heteroatoms. The van der Waals surface area contributed by atoms with Gasteiger partial charge in [-0.2, -0.15) is 0 Å². The quantitative estimate of drug-likeness (QED) is 0.126. The molecule has 52 heavy (non-hydrogen) atoms. The Labute approximate surface area is 304 Å². The average Bonchev–Trinajstić information content (AvgIpc) is 3.67. The lowest BCUT2D eigenvalue weighted by Gasteiger charge is -2.34. The first-order chi connectivity index (χ1) is 25.2. The summed E-state index contributed by atoms with van der Waals surface area (Å²) in [5, 5.41) is 3.14. The molecule has 1 fully saturated rings. The molecule has 1 N–H and O–H groups in total. The lowest BCUT2D eigenvalue weighted by Crippen LogP contribution is -2.54. The van der Waals surface area contributed by atoms with Gasteiger partial charge in [0.25, 0.3) is 10.0 Å². The molecule has 0 aromatic heterocycles. The molecule has 6 rings (SSSR count). The number of hydrogen-bond acceptors (Lipinski definition) is 5. The lowest BCUT2D eigenvalue weighted by atomic mass is 10.0. The Morgan fingerprint density at radius 1 is 0.788 bits per heavy atom. The topological polar surface area (TPSA) is 96.0 Å². The van der Waals surface area contributed by atoms with Crippen molar-refractivity contribution < 1.29 is 27.1 Å². The Balaban J connectivity index is 1.39. The number of anilines is 1. The molecule has 1 aliphatic carbocycles. The smallest absolute Gasteiger partial charge is 0.264 e. The minimum absolute atomic E-state index is 0.00372. The fourth-order valence-electron chi connectivity index (χ4n) is 6.40. The van der Waals surface area contributed by atoms with E-state index >= 15 is 4.39 Å². The molecule has 0 bridgehead atoms. The van der Waals surface area contributed by atoms with Gasteiger partial charge in [-0.1, -0.05) is 97.3 Å². The molecule has 0 heterocycles. The number of nitrogens with zero attached hydrogens (tertiary/aromatic N) is 2. The van der Waals surface area contributed by atoms with Crippen LogP contribution in [0.3, 0.4) is 0 Å². The largest absolute Gasteiger partial charge is 0.457 e. The predicted octanol–water partition coefficient (Wildman–Crippen LogP) is 7.82. The number of para-hydroxylation sites is 1. The van der Waals surface area contributed by atoms with Gasteiger partial charge in [0.15, 0.2) is 0 Å². The van der Waals surface area contributed by atoms with E-state index in [1.54, 1.807) is 66.7 Å². The lowest BCUT2D eigenvalue weighted by molar-refractivity contribution is -0.140. The number of halogens is 1. The number of aryl methyl sites for hydroxylation is 1. The summed E-state index contributed by atoms with van der Waals surface area (Å²) in [6.07, 6.45) is 3.80. The summed E-state index contributed by atoms with van der Waals surface area (Å²) in [7, 11) is -4.31. The number of nitrogens with one attached hydrogen (secondary N) is 1. The van der Waals surface area contributed by atoms with E-state index in [1.807, 2.05) is 55.5 Å². The van der Waals surface area contributed by atoms with Crippen molar-refractivity contribution in [3.05, 3.63) is 156 Å². The van der Waals surface area contributed by atoms with E-state index in [0.29, 0.717) is 11.5 Å². The molecule has 268 valence electrons. The Hall–Kier alpha value is -5.48. The van der Waals surface area contributed by atoms with Gasteiger partial charge < -0.3 is 15.0 Å². The molecule has 5 aromatic carbocycles. The third-order valence-electron chi connectivity index (χ3n) is 9.26. The van der Waals surface area contributed by atoms with Crippen molar-refractivity contribution in [2.75, 3.05) is 10.8 Å². The molecule has 1 atom stereocenters. The van der Waals surface area contributed by atoms with E-state index in [-0.39, 0.29) is 41.1 Å². The maximum Gasteiger partial charge on any atom is 0.264 e. The van der Waals surface area contributed by atoms with Crippen LogP contribution in [0.25, 0.3) is 0 Å². The van der Waals surface area contributed by atoms with Crippen molar-refractivity contribution >= 4 is 27.5 Å². The van der Waals surface area contributed by atoms with Gasteiger partial charge in [0.05, 0.1) is 10.6 Å². The summed E-state index contributed by atoms with van der Waals surface area (Å²) < 4.78 is 51.0. The zero-order valence-electron chi connectivity index (χ0n) is 29.0. The van der Waals surface area contributed by atoms with E-state index in [0.717, 1.165) is 41.1 Å². The van der Waals surface area contributed by atoms with Gasteiger partial charge in [0.1, 0.15) is 29.9 Å². The van der Waals surface area contributed by atoms with Gasteiger partial charge in [-0.25, -0.2) is 12.8 Å². The summed E-state index contributed by atoms with van der Waals surface area (Å²) in [6, 6.07) is 36.3. The fraction of sp³-hybridized carbons (Fsp3) is 0.238. The zero-order valence-corrected chi connectivity index (χ0v) is 29.8. The zero-order chi connectivity index (χ0) is 36.5. The van der Waals surface area contributed by atoms with Crippen LogP contribution in [0, 0.1) is 12.7 Å². The maximum atomic E-state index is 15.2. The highest BCUT2D eigenvalue weighted by atomic mass is 32.2. The maximum absolute atomic E-state index is 15.2. The van der Waals surface area contributed by atoms with Crippen molar-refractivity contribution in [2.24, 2.45) is 0 Å². The Morgan fingerprint density at radius 3 is 2.04 bits per heavy atom. The van der Waals surface area contributed by atoms with E-state index in [1.165, 1.54) is 23.1 Å². The van der Waals surface area contributed by atoms with Gasteiger partial charge in [0, 0.05) is 24.6 Å². The molecule has 1 aliphatic rings. The highest BCUT2D eigenvalue weighted by Crippen LogP contribution is 2.29. The first kappa shape index (κ1) is 36.3. The van der Waals surface area contributed by atoms with Gasteiger partial charge in [-0.05, 0) is 79.9 Å². The molecular weight excluding hydrogens is 678 g/mol. The van der Waals surface area contributed by atoms with Gasteiger partial charge in [-0.15, -0.1) is 0 Å². The molecule has 0 unspecified atom stereocenters. The number of sulfonamides is 1. The van der Waals surface area contributed by atoms with Crippen LogP contribution in [-0.2, 0) is 32.6 Å². The standard InChI is InChI=1S/C42H42FN3O5S/c1-31-20-26-38(27-21-31)52(49,50)46(35-22-24-37(25-23-35)51-36-17-6-3-7-18-36)30-41(47)45(29-33-14-8-11-19-39(33)43)40(28-32-12-4-2-5-13-32)42(48)44-34-15-9-10-16-34/h2-8,11-14,17-27,34,40H,9-10,15-16,28-30H2,1H3,(H,44,48)/t40-/m1/s1. The van der Waals surface area contributed by atoms with Crippen LogP contribution in [0.15, 0.2) is 138 Å². The Bertz CT molecular complexity index is 2060. The summed E-state index contributed by atoms with van der Waals surface area (Å²) in [6.45, 7) is 0.960. The number of benzene rings is 5. The summed E-state index contributed by atoms with van der Waals surface area (Å²) in [5.74, 6) is -0.477. The Kier molecular flexibility index (Phi) is 11.7. The van der Waals surface area contributed by atoms with Crippen molar-refractivity contribution in [1.82, 2.24) is 10.2 Å². The summed E-state index contributed by atoms with van der Waals surface area (Å²) >= 11 is 0. The number of ether oxygens (including phenoxy) is 1. The molecule has 0 saturated heterocycles. The summed E-state index contributed by atoms with van der Waals surface area (Å²) in [4.78, 5) is 30.2. The molecule has 5 aromatic rings. The van der Waals surface area contributed by atoms with E-state index in [4.69, 9.17) is 4.74 Å². The summed E-state index contributed by atoms with van der Waals surface area (Å²) in [5.41, 5.74) is 2.10. The predicted molar refractivity (Wildman–Crippen MR) is 200 cm³/mol. The monoisotopic (exact) mass is 719 g/mol. The van der Waals surface area contributed by atoms with Crippen LogP contribution in [0.5, 0.6) is 11.5 Å². The van der Waals surface area contributed by atoms with Crippen LogP contribution in [0.2, 0.25) is 0 Å². The van der Waals surface area contributed by atoms with E-state index in [2.05, 4.69) is 5.32 Å². The first-order valence-corrected chi connectivity index (χ1v) is 18.9. The molecule has 0 radical (unpaired) electrons. The normalized spacial score (nSPS) is 13.7. The molecule has 0 aliphatic heterocycles. The third kappa shape index (κ3) is 9.05. The number of carbonyl (C=O) groups excluding carboxylic acids is 2. The van der Waals surface area contributed by atoms with E-state index in [9.17, 15) is 18.0 Å². The molecule has 0 spiro atoms. The highest BCUT2D eigenvalue weighted by Gasteiger charge is 2.36. The second kappa shape index (κ2) is 16.7. The number of hydrogen-bond donors (Lipinski definition) is 1. The third-order valence-corrected chi connectivity index (χ3v) is 11.1. The minimum Gasteiger partial charge on any atom is -0.457 e. The van der Waals surface area contributed by atoms with Crippen molar-refractivity contribution in [1.29, 1.82) is 0 Å². The Morgan fingerprint density at radius 2 is 1.38 bits per heavy atom. The van der Waals surface area contributed by atoms with Crippen molar-refractivity contribution in [3.63, 3.8) is 0 Å². The number of amides is 2. The number of carbonyl (C=O) groups is 2. The molecular formula is C42H42FN3O5S. The fourth-order valence-corrected chi connectivity index (χ4v) is 7.82. The van der Waals surface area contributed by atoms with Crippen molar-refractivity contribution in [2.45, 2.75) is 62.6 Å². The van der Waals surface area contributed by atoms with Gasteiger partial charge in [-0.3, -0.25) is 13.9 Å². The minimum atomic E-state index is -4.31. The van der Waals surface area contributed by atoms with Crippen molar-refractivity contribution in [3.8, 4) is 11.5 Å². The molecule has 2 amide bonds. The van der Waals surface area contributed by atoms with Gasteiger partial charge in [0.2, 0.25) is 11.8 Å². The second-order valence-electron chi connectivity index (χ2n) is 13.0. The van der Waals surface area contributed by atoms with Gasteiger partial charge >= 0.3 is 0 Å². The first-order valence-electron chi connectivity index (χ1n) is 17.5. The number of rotatable bonds is 14. The molecule has 8 nitrogen and oxygen atoms in total. The second-order valence-corrected chi connectivity index (χ2v) is 14.9. The van der Waals surface area contributed by atoms with Crippen LogP contribution < -0.4 is 14.4 Å². The van der Waals surface area contributed by atoms with Crippen LogP contribution in [-0.4, -0.2) is 43.8 Å². The van der Waals surface area contributed by atoms with Crippen LogP contribution in [0.4, 0.5) is 10.1 Å². The molecule has 1 saturated carbocycles. The highest BCUT2D eigenvalue weighted by molar-refractivity contribution is 7.92.